The molecule has 0 bridgehead atoms. The molecule has 0 amide bonds. The Morgan fingerprint density at radius 1 is 1.27 bits per heavy atom. The largest absolute Gasteiger partial charge is 0.497 e. The smallest absolute Gasteiger partial charge is 0.271 e. The lowest BCUT2D eigenvalue weighted by Crippen LogP contribution is -2.28. The zero-order valence-corrected chi connectivity index (χ0v) is 15.1. The van der Waals surface area contributed by atoms with Crippen molar-refractivity contribution >= 4 is 5.78 Å². The topological polar surface area (TPSA) is 102 Å². The van der Waals surface area contributed by atoms with E-state index in [4.69, 9.17) is 9.47 Å². The van der Waals surface area contributed by atoms with Crippen molar-refractivity contribution in [2.24, 2.45) is 0 Å². The van der Waals surface area contributed by atoms with E-state index in [-0.39, 0.29) is 23.3 Å². The van der Waals surface area contributed by atoms with Gasteiger partial charge in [0.2, 0.25) is 11.7 Å². The highest BCUT2D eigenvalue weighted by Gasteiger charge is 2.25. The van der Waals surface area contributed by atoms with Gasteiger partial charge in [-0.05, 0) is 50.6 Å². The molecule has 0 atom stereocenters. The molecule has 0 aliphatic rings. The molecular formula is C19H20N2O5. The van der Waals surface area contributed by atoms with Crippen LogP contribution in [0.5, 0.6) is 17.4 Å². The van der Waals surface area contributed by atoms with E-state index in [0.717, 1.165) is 4.57 Å². The first-order valence-electron chi connectivity index (χ1n) is 8.00. The van der Waals surface area contributed by atoms with Gasteiger partial charge >= 0.3 is 0 Å². The molecular weight excluding hydrogens is 336 g/mol. The molecule has 0 saturated heterocycles. The van der Waals surface area contributed by atoms with Crippen LogP contribution in [-0.2, 0) is 0 Å². The molecule has 7 nitrogen and oxygen atoms in total. The third-order valence-electron chi connectivity index (χ3n) is 3.97. The number of Topliss-reactive ketones (excluding diaryl/α,β-unsaturated/α-hetero) is 1. The quantitative estimate of drug-likeness (QED) is 0.798. The number of hydrogen-bond acceptors (Lipinski definition) is 6. The molecule has 1 heterocycles. The van der Waals surface area contributed by atoms with Crippen LogP contribution in [0, 0.1) is 18.3 Å². The molecule has 136 valence electrons. The van der Waals surface area contributed by atoms with Crippen molar-refractivity contribution in [2.45, 2.75) is 26.8 Å². The highest BCUT2D eigenvalue weighted by molar-refractivity contribution is 6.01. The zero-order valence-electron chi connectivity index (χ0n) is 15.1. The molecule has 2 rings (SSSR count). The van der Waals surface area contributed by atoms with E-state index in [0.29, 0.717) is 11.5 Å². The van der Waals surface area contributed by atoms with Crippen LogP contribution in [0.4, 0.5) is 0 Å². The van der Waals surface area contributed by atoms with Crippen LogP contribution in [-0.4, -0.2) is 29.2 Å². The zero-order chi connectivity index (χ0) is 19.4. The average Bonchev–Trinajstić information content (AvgIpc) is 2.60. The molecule has 0 fully saturated rings. The molecule has 2 aromatic rings. The average molecular weight is 356 g/mol. The Labute approximate surface area is 151 Å². The first-order valence-corrected chi connectivity index (χ1v) is 8.00. The van der Waals surface area contributed by atoms with Crippen molar-refractivity contribution in [2.75, 3.05) is 13.7 Å². The van der Waals surface area contributed by atoms with Gasteiger partial charge in [-0.2, -0.15) is 5.26 Å². The summed E-state index contributed by atoms with van der Waals surface area (Å²) in [6, 6.07) is 8.08. The van der Waals surface area contributed by atoms with Gasteiger partial charge < -0.3 is 14.6 Å². The van der Waals surface area contributed by atoms with Gasteiger partial charge in [-0.1, -0.05) is 0 Å². The Bertz CT molecular complexity index is 921. The van der Waals surface area contributed by atoms with Gasteiger partial charge in [-0.25, -0.2) is 0 Å². The van der Waals surface area contributed by atoms with Gasteiger partial charge in [0.25, 0.3) is 5.56 Å². The van der Waals surface area contributed by atoms with Gasteiger partial charge in [-0.3, -0.25) is 14.2 Å². The van der Waals surface area contributed by atoms with Crippen LogP contribution in [0.25, 0.3) is 0 Å². The Hall–Kier alpha value is -3.27. The van der Waals surface area contributed by atoms with Gasteiger partial charge in [0.05, 0.1) is 12.7 Å². The molecule has 7 heteroatoms. The lowest BCUT2D eigenvalue weighted by molar-refractivity contribution is 0.0916. The predicted octanol–water partition coefficient (Wildman–Crippen LogP) is 2.59. The number of methoxy groups -OCH3 is 1. The van der Waals surface area contributed by atoms with Crippen molar-refractivity contribution in [1.29, 1.82) is 5.26 Å². The fraction of sp³-hybridized carbons (Fsp3) is 0.316. The van der Waals surface area contributed by atoms with Crippen molar-refractivity contribution in [3.8, 4) is 23.4 Å². The van der Waals surface area contributed by atoms with Crippen LogP contribution in [0.3, 0.4) is 0 Å². The number of ketones is 1. The molecule has 1 aromatic carbocycles. The number of nitrogens with zero attached hydrogens (tertiary/aromatic N) is 2. The number of carbonyl (C=O) groups is 1. The van der Waals surface area contributed by atoms with Crippen molar-refractivity contribution in [1.82, 2.24) is 4.57 Å². The van der Waals surface area contributed by atoms with E-state index in [1.807, 2.05) is 6.07 Å². The van der Waals surface area contributed by atoms with Crippen LogP contribution in [0.15, 0.2) is 29.1 Å². The molecule has 0 unspecified atom stereocenters. The van der Waals surface area contributed by atoms with Crippen LogP contribution < -0.4 is 15.0 Å². The van der Waals surface area contributed by atoms with Crippen LogP contribution in [0.1, 0.15) is 41.4 Å². The summed E-state index contributed by atoms with van der Waals surface area (Å²) in [7, 11) is 1.54. The van der Waals surface area contributed by atoms with Crippen molar-refractivity contribution < 1.29 is 19.4 Å². The molecule has 0 saturated carbocycles. The lowest BCUT2D eigenvalue weighted by Gasteiger charge is -2.18. The van der Waals surface area contributed by atoms with E-state index < -0.39 is 23.3 Å². The van der Waals surface area contributed by atoms with Crippen LogP contribution in [0.2, 0.25) is 0 Å². The number of benzene rings is 1. The summed E-state index contributed by atoms with van der Waals surface area (Å²) in [4.78, 5) is 24.9. The van der Waals surface area contributed by atoms with E-state index in [1.165, 1.54) is 6.92 Å². The third kappa shape index (κ3) is 3.54. The standard InChI is InChI=1S/C19H20N2O5/c1-11(2)21-18(23)15(9-20)12(3)17(19(21)24)16(22)10-26-14-7-5-13(25-4)6-8-14/h5-8,11,24H,10H2,1-4H3. The minimum Gasteiger partial charge on any atom is -0.497 e. The summed E-state index contributed by atoms with van der Waals surface area (Å²) in [5, 5.41) is 19.7. The van der Waals surface area contributed by atoms with Crippen LogP contribution >= 0.6 is 0 Å². The minimum absolute atomic E-state index is 0.0802. The first-order chi connectivity index (χ1) is 12.3. The van der Waals surface area contributed by atoms with E-state index >= 15 is 0 Å². The summed E-state index contributed by atoms with van der Waals surface area (Å²) in [5.74, 6) is 0.125. The van der Waals surface area contributed by atoms with E-state index in [1.54, 1.807) is 45.2 Å². The Kier molecular flexibility index (Phi) is 5.68. The van der Waals surface area contributed by atoms with Gasteiger partial charge in [0.15, 0.2) is 6.61 Å². The second-order valence-corrected chi connectivity index (χ2v) is 5.97. The molecule has 26 heavy (non-hydrogen) atoms. The van der Waals surface area contributed by atoms with Gasteiger partial charge in [0, 0.05) is 6.04 Å². The summed E-state index contributed by atoms with van der Waals surface area (Å²) in [6.45, 7) is 4.48. The molecule has 1 N–H and O–H groups in total. The molecule has 0 spiro atoms. The Morgan fingerprint density at radius 3 is 2.35 bits per heavy atom. The van der Waals surface area contributed by atoms with E-state index in [2.05, 4.69) is 0 Å². The maximum atomic E-state index is 12.6. The summed E-state index contributed by atoms with van der Waals surface area (Å²) in [5.41, 5.74) is -0.715. The Morgan fingerprint density at radius 2 is 1.85 bits per heavy atom. The number of rotatable bonds is 6. The third-order valence-corrected chi connectivity index (χ3v) is 3.97. The number of pyridine rings is 1. The predicted molar refractivity (Wildman–Crippen MR) is 95.0 cm³/mol. The number of hydrogen-bond donors (Lipinski definition) is 1. The summed E-state index contributed by atoms with van der Waals surface area (Å²) < 4.78 is 11.5. The molecule has 0 aliphatic carbocycles. The summed E-state index contributed by atoms with van der Waals surface area (Å²) >= 11 is 0. The van der Waals surface area contributed by atoms with Gasteiger partial charge in [0.1, 0.15) is 23.1 Å². The normalized spacial score (nSPS) is 10.5. The number of aromatic nitrogens is 1. The maximum Gasteiger partial charge on any atom is 0.271 e. The number of ether oxygens (including phenoxy) is 2. The van der Waals surface area contributed by atoms with Crippen molar-refractivity contribution in [3.05, 3.63) is 51.3 Å². The fourth-order valence-corrected chi connectivity index (χ4v) is 2.63. The first kappa shape index (κ1) is 19.1. The minimum atomic E-state index is -0.620. The lowest BCUT2D eigenvalue weighted by atomic mass is 10.0. The number of carbonyl (C=O) groups excluding carboxylic acids is 1. The van der Waals surface area contributed by atoms with E-state index in [9.17, 15) is 20.0 Å². The highest BCUT2D eigenvalue weighted by atomic mass is 16.5. The monoisotopic (exact) mass is 356 g/mol. The number of nitriles is 1. The maximum absolute atomic E-state index is 12.6. The molecule has 0 radical (unpaired) electrons. The Balaban J connectivity index is 2.37. The fourth-order valence-electron chi connectivity index (χ4n) is 2.63. The summed E-state index contributed by atoms with van der Waals surface area (Å²) in [6.07, 6.45) is 0. The SMILES string of the molecule is COc1ccc(OCC(=O)c2c(C)c(C#N)c(=O)n(C(C)C)c2O)cc1. The highest BCUT2D eigenvalue weighted by Crippen LogP contribution is 2.25. The molecule has 1 aromatic heterocycles. The number of aromatic hydroxyl groups is 1. The second kappa shape index (κ2) is 7.74. The second-order valence-electron chi connectivity index (χ2n) is 5.97. The van der Waals surface area contributed by atoms with Crippen molar-refractivity contribution in [3.63, 3.8) is 0 Å². The molecule has 0 aliphatic heterocycles. The van der Waals surface area contributed by atoms with Gasteiger partial charge in [-0.15, -0.1) is 0 Å².